The van der Waals surface area contributed by atoms with Gasteiger partial charge in [-0.05, 0) is 0 Å². The lowest BCUT2D eigenvalue weighted by molar-refractivity contribution is 2.18. The van der Waals surface area contributed by atoms with Gasteiger partial charge in [-0.15, -0.1) is 11.6 Å². The first kappa shape index (κ1) is 6.01. The van der Waals surface area contributed by atoms with Gasteiger partial charge in [-0.3, -0.25) is 0 Å². The molecule has 0 aliphatic heterocycles. The molecule has 0 saturated carbocycles. The Kier molecular flexibility index (Phi) is 6.03. The van der Waals surface area contributed by atoms with E-state index in [9.17, 15) is 0 Å². The van der Waals surface area contributed by atoms with Crippen molar-refractivity contribution in [2.24, 2.45) is 0 Å². The predicted molar refractivity (Wildman–Crippen MR) is 28.1 cm³/mol. The highest BCUT2D eigenvalue weighted by Crippen LogP contribution is 1.69. The van der Waals surface area contributed by atoms with Gasteiger partial charge in [0, 0.05) is 5.50 Å². The molecule has 4 radical (unpaired) electrons. The van der Waals surface area contributed by atoms with E-state index in [1.807, 2.05) is 0 Å². The van der Waals surface area contributed by atoms with Crippen molar-refractivity contribution in [1.82, 2.24) is 0 Å². The summed E-state index contributed by atoms with van der Waals surface area (Å²) in [7, 11) is 1.28. The highest BCUT2D eigenvalue weighted by Gasteiger charge is 1.78. The maximum absolute atomic E-state index is 5.26. The molecule has 0 aromatic heterocycles. The van der Waals surface area contributed by atoms with E-state index in [1.165, 1.54) is 0 Å². The maximum atomic E-state index is 5.26. The van der Waals surface area contributed by atoms with Gasteiger partial charge in [0.15, 0.2) is 8.35 Å². The molecule has 0 heterocycles. The summed E-state index contributed by atoms with van der Waals surface area (Å²) in [5.41, 5.74) is 0.724. The Bertz CT molecular complexity index is 15.1. The zero-order valence-electron chi connectivity index (χ0n) is 2.46. The van der Waals surface area contributed by atoms with E-state index in [1.54, 1.807) is 0 Å². The normalized spacial score (nSPS) is 8.40. The molecule has 0 amide bonds. The van der Waals surface area contributed by atoms with Gasteiger partial charge >= 0.3 is 0 Å². The van der Waals surface area contributed by atoms with Crippen LogP contribution in [0.15, 0.2) is 0 Å². The van der Waals surface area contributed by atoms with Crippen LogP contribution in [0.4, 0.5) is 0 Å². The van der Waals surface area contributed by atoms with Crippen molar-refractivity contribution in [2.75, 3.05) is 5.50 Å². The van der Waals surface area contributed by atoms with E-state index in [0.29, 0.717) is 8.35 Å². The Morgan fingerprint density at radius 1 is 1.60 bits per heavy atom. The molecule has 0 spiro atoms. The first-order valence-electron chi connectivity index (χ1n) is 1.06. The monoisotopic (exact) mass is 140 g/mol. The number of halogens is 2. The molecule has 0 bridgehead atoms. The first-order valence-corrected chi connectivity index (χ1v) is 5.81. The lowest BCUT2D eigenvalue weighted by Gasteiger charge is -1.70. The first-order chi connectivity index (χ1) is 2.41. The summed E-state index contributed by atoms with van der Waals surface area (Å²) in [6, 6.07) is 0. The Morgan fingerprint density at radius 3 is 2.20 bits per heavy atom. The standard InChI is InChI=1S/CH2Cl2Si2/c2-1-4-5-3/h1H2. The van der Waals surface area contributed by atoms with Gasteiger partial charge in [-0.2, -0.15) is 11.1 Å². The van der Waals surface area contributed by atoms with E-state index in [2.05, 4.69) is 0 Å². The summed E-state index contributed by atoms with van der Waals surface area (Å²) in [4.78, 5) is 0. The topological polar surface area (TPSA) is 0 Å². The maximum Gasteiger partial charge on any atom is 0.153 e. The van der Waals surface area contributed by atoms with Crippen LogP contribution in [-0.2, 0) is 0 Å². The number of hydrogen-bond acceptors (Lipinski definition) is 0. The third-order valence-electron chi connectivity index (χ3n) is 0.134. The van der Waals surface area contributed by atoms with Gasteiger partial charge in [0.1, 0.15) is 0 Å². The second-order valence-electron chi connectivity index (χ2n) is 0.405. The Balaban J connectivity index is 2.19. The molecule has 0 nitrogen and oxygen atoms in total. The van der Waals surface area contributed by atoms with Gasteiger partial charge in [0.05, 0.1) is 9.04 Å². The fourth-order valence-electron chi connectivity index (χ4n) is 0.0253. The molecular weight excluding hydrogens is 139 g/mol. The minimum absolute atomic E-state index is 0.526. The molecule has 0 saturated heterocycles. The van der Waals surface area contributed by atoms with Gasteiger partial charge in [0.25, 0.3) is 0 Å². The van der Waals surface area contributed by atoms with E-state index in [4.69, 9.17) is 22.7 Å². The SMILES string of the molecule is ClC[Si][Si]Cl. The molecule has 0 aliphatic carbocycles. The van der Waals surface area contributed by atoms with Crippen LogP contribution < -0.4 is 0 Å². The van der Waals surface area contributed by atoms with Crippen LogP contribution in [0.5, 0.6) is 0 Å². The van der Waals surface area contributed by atoms with Crippen molar-refractivity contribution in [3.05, 3.63) is 0 Å². The average molecular weight is 141 g/mol. The van der Waals surface area contributed by atoms with Crippen LogP contribution in [0, 0.1) is 0 Å². The number of hydrogen-bond donors (Lipinski definition) is 0. The Hall–Kier alpha value is 1.01. The zero-order chi connectivity index (χ0) is 4.12. The van der Waals surface area contributed by atoms with Gasteiger partial charge in [-0.25, -0.2) is 0 Å². The summed E-state index contributed by atoms with van der Waals surface area (Å²) >= 11 is 10.5. The molecule has 0 N–H and O–H groups in total. The van der Waals surface area contributed by atoms with Crippen molar-refractivity contribution in [1.29, 1.82) is 0 Å². The molecular formula is CH2Cl2Si2. The minimum atomic E-state index is 0.526. The van der Waals surface area contributed by atoms with Crippen molar-refractivity contribution in [2.45, 2.75) is 0 Å². The Labute approximate surface area is 46.0 Å². The summed E-state index contributed by atoms with van der Waals surface area (Å²) in [5, 5.41) is 0. The molecule has 0 aliphatic rings. The molecule has 0 fully saturated rings. The third kappa shape index (κ3) is 5.01. The van der Waals surface area contributed by atoms with E-state index in [-0.39, 0.29) is 0 Å². The summed E-state index contributed by atoms with van der Waals surface area (Å²) < 4.78 is 0. The molecule has 28 valence electrons. The molecule has 5 heavy (non-hydrogen) atoms. The second-order valence-corrected chi connectivity index (χ2v) is 5.34. The van der Waals surface area contributed by atoms with Crippen LogP contribution in [0.3, 0.4) is 0 Å². The zero-order valence-corrected chi connectivity index (χ0v) is 5.97. The fourth-order valence-corrected chi connectivity index (χ4v) is 2.05. The van der Waals surface area contributed by atoms with Crippen LogP contribution in [0.25, 0.3) is 0 Å². The van der Waals surface area contributed by atoms with E-state index < -0.39 is 0 Å². The second kappa shape index (κ2) is 5.01. The highest BCUT2D eigenvalue weighted by molar-refractivity contribution is 7.27. The van der Waals surface area contributed by atoms with Crippen LogP contribution in [0.2, 0.25) is 0 Å². The summed E-state index contributed by atoms with van der Waals surface area (Å²) in [5.74, 6) is 0. The van der Waals surface area contributed by atoms with E-state index in [0.717, 1.165) is 14.5 Å². The largest absolute Gasteiger partial charge is 0.176 e. The molecule has 0 atom stereocenters. The van der Waals surface area contributed by atoms with Crippen molar-refractivity contribution < 1.29 is 0 Å². The van der Waals surface area contributed by atoms with Gasteiger partial charge in [0.2, 0.25) is 0 Å². The highest BCUT2D eigenvalue weighted by atomic mass is 35.6. The van der Waals surface area contributed by atoms with Crippen molar-refractivity contribution in [3.63, 3.8) is 0 Å². The fraction of sp³-hybridized carbons (Fsp3) is 1.00. The lowest BCUT2D eigenvalue weighted by Crippen LogP contribution is -1.95. The van der Waals surface area contributed by atoms with Crippen LogP contribution in [0.1, 0.15) is 0 Å². The average Bonchev–Trinajstić information content (AvgIpc) is 1.41. The molecule has 0 unspecified atom stereocenters. The van der Waals surface area contributed by atoms with Crippen molar-refractivity contribution in [3.8, 4) is 0 Å². The predicted octanol–water partition coefficient (Wildman–Crippen LogP) is 0.660. The minimum Gasteiger partial charge on any atom is -0.176 e. The number of rotatable bonds is 2. The van der Waals surface area contributed by atoms with Crippen LogP contribution in [-0.4, -0.2) is 22.9 Å². The molecule has 4 heteroatoms. The lowest BCUT2D eigenvalue weighted by atomic mass is 11.9. The quantitative estimate of drug-likeness (QED) is 0.301. The molecule has 0 aromatic rings. The van der Waals surface area contributed by atoms with Gasteiger partial charge < -0.3 is 0 Å². The number of alkyl halides is 1. The third-order valence-corrected chi connectivity index (χ3v) is 3.61. The molecule has 0 aromatic carbocycles. The van der Waals surface area contributed by atoms with Crippen molar-refractivity contribution >= 4 is 40.1 Å². The van der Waals surface area contributed by atoms with E-state index >= 15 is 0 Å². The van der Waals surface area contributed by atoms with Crippen LogP contribution >= 0.6 is 22.7 Å². The van der Waals surface area contributed by atoms with Gasteiger partial charge in [-0.1, -0.05) is 0 Å². The summed E-state index contributed by atoms with van der Waals surface area (Å²) in [6.07, 6.45) is 0. The Morgan fingerprint density at radius 2 is 2.20 bits per heavy atom. The molecule has 0 rings (SSSR count). The summed E-state index contributed by atoms with van der Waals surface area (Å²) in [6.45, 7) is 0. The smallest absolute Gasteiger partial charge is 0.153 e.